The summed E-state index contributed by atoms with van der Waals surface area (Å²) in [4.78, 5) is 20.6. The van der Waals surface area contributed by atoms with Crippen molar-refractivity contribution in [2.24, 2.45) is 4.99 Å². The lowest BCUT2D eigenvalue weighted by molar-refractivity contribution is -0.121. The van der Waals surface area contributed by atoms with E-state index in [2.05, 4.69) is 31.3 Å². The second-order valence-corrected chi connectivity index (χ2v) is 7.25. The van der Waals surface area contributed by atoms with Crippen LogP contribution in [0, 0.1) is 6.92 Å². The number of aromatic nitrogens is 1. The normalized spacial score (nSPS) is 16.0. The molecule has 1 aromatic rings. The van der Waals surface area contributed by atoms with Crippen molar-refractivity contribution in [1.29, 1.82) is 0 Å². The van der Waals surface area contributed by atoms with Gasteiger partial charge in [-0.05, 0) is 19.8 Å². The van der Waals surface area contributed by atoms with Gasteiger partial charge in [-0.3, -0.25) is 9.79 Å². The average Bonchev–Trinajstić information content (AvgIpc) is 2.99. The molecule has 0 aromatic carbocycles. The van der Waals surface area contributed by atoms with Crippen LogP contribution >= 0.6 is 11.3 Å². The molecule has 1 heterocycles. The number of nitrogens with zero attached hydrogens (tertiary/aromatic N) is 2. The zero-order valence-electron chi connectivity index (χ0n) is 14.7. The molecule has 1 aromatic heterocycles. The molecule has 1 saturated carbocycles. The highest BCUT2D eigenvalue weighted by Gasteiger charge is 2.15. The molecule has 1 aliphatic rings. The predicted octanol–water partition coefficient (Wildman–Crippen LogP) is 2.00. The molecule has 0 atom stereocenters. The molecule has 0 aliphatic heterocycles. The van der Waals surface area contributed by atoms with Crippen LogP contribution in [0.3, 0.4) is 0 Å². The van der Waals surface area contributed by atoms with Gasteiger partial charge >= 0.3 is 0 Å². The molecule has 0 spiro atoms. The van der Waals surface area contributed by atoms with Crippen LogP contribution in [0.1, 0.15) is 49.2 Å². The number of guanidine groups is 1. The Bertz CT molecular complexity index is 537. The summed E-state index contributed by atoms with van der Waals surface area (Å²) in [6.07, 6.45) is 7.36. The van der Waals surface area contributed by atoms with Gasteiger partial charge in [0.25, 0.3) is 0 Å². The number of nitrogens with one attached hydrogen (secondary N) is 3. The average molecular weight is 352 g/mol. The highest BCUT2D eigenvalue weighted by Crippen LogP contribution is 2.17. The van der Waals surface area contributed by atoms with Crippen LogP contribution in [0.25, 0.3) is 0 Å². The summed E-state index contributed by atoms with van der Waals surface area (Å²) in [5.41, 5.74) is 1.10. The number of rotatable bonds is 7. The first-order chi connectivity index (χ1) is 11.7. The lowest BCUT2D eigenvalue weighted by Crippen LogP contribution is -2.41. The van der Waals surface area contributed by atoms with Crippen LogP contribution in [0.4, 0.5) is 0 Å². The number of thiazole rings is 1. The van der Waals surface area contributed by atoms with E-state index in [0.29, 0.717) is 19.0 Å². The maximum Gasteiger partial charge on any atom is 0.221 e. The fourth-order valence-electron chi connectivity index (χ4n) is 2.89. The van der Waals surface area contributed by atoms with Crippen molar-refractivity contribution in [1.82, 2.24) is 20.9 Å². The molecule has 1 amide bonds. The molecule has 7 heteroatoms. The Hall–Kier alpha value is -1.63. The maximum absolute atomic E-state index is 12.0. The van der Waals surface area contributed by atoms with Gasteiger partial charge in [-0.2, -0.15) is 0 Å². The van der Waals surface area contributed by atoms with Gasteiger partial charge in [0.1, 0.15) is 0 Å². The topological polar surface area (TPSA) is 78.4 Å². The minimum atomic E-state index is 0.128. The van der Waals surface area contributed by atoms with E-state index < -0.39 is 0 Å². The molecule has 0 saturated heterocycles. The van der Waals surface area contributed by atoms with E-state index in [1.807, 2.05) is 6.92 Å². The maximum atomic E-state index is 12.0. The van der Waals surface area contributed by atoms with Gasteiger partial charge in [0, 0.05) is 44.4 Å². The van der Waals surface area contributed by atoms with Crippen LogP contribution in [0.2, 0.25) is 0 Å². The van der Waals surface area contributed by atoms with Crippen molar-refractivity contribution < 1.29 is 4.79 Å². The molecule has 1 aliphatic carbocycles. The third kappa shape index (κ3) is 6.86. The molecule has 6 nitrogen and oxygen atoms in total. The third-order valence-corrected chi connectivity index (χ3v) is 5.00. The molecule has 134 valence electrons. The van der Waals surface area contributed by atoms with Gasteiger partial charge in [0.15, 0.2) is 5.96 Å². The number of hydrogen-bond donors (Lipinski definition) is 3. The van der Waals surface area contributed by atoms with Crippen LogP contribution in [0.15, 0.2) is 10.4 Å². The van der Waals surface area contributed by atoms with Crippen molar-refractivity contribution in [2.45, 2.75) is 57.9 Å². The summed E-state index contributed by atoms with van der Waals surface area (Å²) in [5, 5.41) is 12.8. The summed E-state index contributed by atoms with van der Waals surface area (Å²) in [7, 11) is 1.74. The summed E-state index contributed by atoms with van der Waals surface area (Å²) in [6.45, 7) is 3.38. The van der Waals surface area contributed by atoms with E-state index in [1.165, 1.54) is 19.3 Å². The zero-order valence-corrected chi connectivity index (χ0v) is 15.5. The molecular formula is C17H29N5OS. The van der Waals surface area contributed by atoms with Gasteiger partial charge in [-0.1, -0.05) is 19.3 Å². The van der Waals surface area contributed by atoms with Crippen molar-refractivity contribution in [3.63, 3.8) is 0 Å². The smallest absolute Gasteiger partial charge is 0.221 e. The first kappa shape index (κ1) is 18.7. The number of carbonyl (C=O) groups excluding carboxylic acids is 1. The Kier molecular flexibility index (Phi) is 8.01. The van der Waals surface area contributed by atoms with Crippen LogP contribution in [-0.2, 0) is 11.2 Å². The van der Waals surface area contributed by atoms with Gasteiger partial charge in [0.05, 0.1) is 10.7 Å². The molecule has 3 N–H and O–H groups in total. The fourth-order valence-corrected chi connectivity index (χ4v) is 3.54. The molecule has 1 fully saturated rings. The van der Waals surface area contributed by atoms with Crippen LogP contribution in [-0.4, -0.2) is 43.0 Å². The minimum absolute atomic E-state index is 0.128. The van der Waals surface area contributed by atoms with E-state index >= 15 is 0 Å². The van der Waals surface area contributed by atoms with E-state index in [0.717, 1.165) is 42.5 Å². The van der Waals surface area contributed by atoms with Crippen molar-refractivity contribution in [3.05, 3.63) is 16.1 Å². The Morgan fingerprint density at radius 3 is 2.71 bits per heavy atom. The second kappa shape index (κ2) is 10.3. The lowest BCUT2D eigenvalue weighted by Gasteiger charge is -2.22. The van der Waals surface area contributed by atoms with Gasteiger partial charge in [-0.25, -0.2) is 4.98 Å². The SMILES string of the molecule is CN=C(NCCC(=O)NC1CCCCC1)NCCc1csc(C)n1. The van der Waals surface area contributed by atoms with E-state index in [1.54, 1.807) is 18.4 Å². The summed E-state index contributed by atoms with van der Waals surface area (Å²) in [6, 6.07) is 0.380. The van der Waals surface area contributed by atoms with Crippen molar-refractivity contribution in [3.8, 4) is 0 Å². The Balaban J connectivity index is 1.58. The van der Waals surface area contributed by atoms with Gasteiger partial charge in [0.2, 0.25) is 5.91 Å². The molecule has 0 bridgehead atoms. The molecular weight excluding hydrogens is 322 g/mol. The lowest BCUT2D eigenvalue weighted by atomic mass is 9.95. The first-order valence-electron chi connectivity index (χ1n) is 8.82. The van der Waals surface area contributed by atoms with Crippen LogP contribution in [0.5, 0.6) is 0 Å². The minimum Gasteiger partial charge on any atom is -0.356 e. The number of aryl methyl sites for hydroxylation is 1. The highest BCUT2D eigenvalue weighted by molar-refractivity contribution is 7.09. The summed E-state index contributed by atoms with van der Waals surface area (Å²) in [5.74, 6) is 0.857. The van der Waals surface area contributed by atoms with Crippen molar-refractivity contribution >= 4 is 23.2 Å². The molecule has 0 unspecified atom stereocenters. The monoisotopic (exact) mass is 351 g/mol. The van der Waals surface area contributed by atoms with E-state index in [4.69, 9.17) is 0 Å². The number of amides is 1. The molecule has 0 radical (unpaired) electrons. The second-order valence-electron chi connectivity index (χ2n) is 6.19. The zero-order chi connectivity index (χ0) is 17.2. The molecule has 2 rings (SSSR count). The first-order valence-corrected chi connectivity index (χ1v) is 9.70. The van der Waals surface area contributed by atoms with Gasteiger partial charge in [-0.15, -0.1) is 11.3 Å². The number of aliphatic imine (C=N–C) groups is 1. The highest BCUT2D eigenvalue weighted by atomic mass is 32.1. The van der Waals surface area contributed by atoms with Crippen LogP contribution < -0.4 is 16.0 Å². The third-order valence-electron chi connectivity index (χ3n) is 4.18. The Labute approximate surface area is 148 Å². The fraction of sp³-hybridized carbons (Fsp3) is 0.706. The predicted molar refractivity (Wildman–Crippen MR) is 99.6 cm³/mol. The molecule has 24 heavy (non-hydrogen) atoms. The summed E-state index contributed by atoms with van der Waals surface area (Å²) >= 11 is 1.67. The Morgan fingerprint density at radius 2 is 2.04 bits per heavy atom. The van der Waals surface area contributed by atoms with E-state index in [9.17, 15) is 4.79 Å². The largest absolute Gasteiger partial charge is 0.356 e. The number of carbonyl (C=O) groups is 1. The summed E-state index contributed by atoms with van der Waals surface area (Å²) < 4.78 is 0. The number of hydrogen-bond acceptors (Lipinski definition) is 4. The Morgan fingerprint density at radius 1 is 1.29 bits per heavy atom. The van der Waals surface area contributed by atoms with Crippen molar-refractivity contribution in [2.75, 3.05) is 20.1 Å². The quantitative estimate of drug-likeness (QED) is 0.519. The van der Waals surface area contributed by atoms with E-state index in [-0.39, 0.29) is 5.91 Å². The standard InChI is InChI=1S/C17H29N5OS/c1-13-21-15(12-24-13)8-10-19-17(18-2)20-11-9-16(23)22-14-6-4-3-5-7-14/h12,14H,3-11H2,1-2H3,(H,22,23)(H2,18,19,20). The van der Waals surface area contributed by atoms with Gasteiger partial charge < -0.3 is 16.0 Å².